The SMILES string of the molecule is N[C@H]1CSCc2c1ccc(Cl)c2F. The molecule has 0 spiro atoms. The van der Waals surface area contributed by atoms with Crippen molar-refractivity contribution in [3.8, 4) is 0 Å². The zero-order valence-electron chi connectivity index (χ0n) is 6.89. The molecular weight excluding hydrogens is 209 g/mol. The van der Waals surface area contributed by atoms with E-state index in [-0.39, 0.29) is 16.9 Å². The quantitative estimate of drug-likeness (QED) is 0.723. The standard InChI is InChI=1S/C9H9ClFNS/c10-7-2-1-5-6(9(7)11)3-13-4-8(5)12/h1-2,8H,3-4,12H2/t8-/m0/s1. The lowest BCUT2D eigenvalue weighted by Crippen LogP contribution is -2.19. The third-order valence-corrected chi connectivity index (χ3v) is 3.56. The Morgan fingerprint density at radius 1 is 1.54 bits per heavy atom. The Bertz CT molecular complexity index is 343. The number of halogens is 2. The van der Waals surface area contributed by atoms with Crippen molar-refractivity contribution < 1.29 is 4.39 Å². The largest absolute Gasteiger partial charge is 0.323 e. The molecule has 1 atom stereocenters. The predicted molar refractivity (Wildman–Crippen MR) is 54.5 cm³/mol. The van der Waals surface area contributed by atoms with E-state index < -0.39 is 0 Å². The molecule has 13 heavy (non-hydrogen) atoms. The maximum atomic E-state index is 13.5. The second kappa shape index (κ2) is 3.48. The number of nitrogens with two attached hydrogens (primary N) is 1. The van der Waals surface area contributed by atoms with Gasteiger partial charge in [0.2, 0.25) is 0 Å². The zero-order valence-corrected chi connectivity index (χ0v) is 8.46. The lowest BCUT2D eigenvalue weighted by Gasteiger charge is -2.22. The van der Waals surface area contributed by atoms with E-state index in [1.807, 2.05) is 6.07 Å². The monoisotopic (exact) mass is 217 g/mol. The van der Waals surface area contributed by atoms with E-state index in [2.05, 4.69) is 0 Å². The summed E-state index contributed by atoms with van der Waals surface area (Å²) in [6.45, 7) is 0. The topological polar surface area (TPSA) is 26.0 Å². The first kappa shape index (κ1) is 9.31. The van der Waals surface area contributed by atoms with Gasteiger partial charge in [-0.2, -0.15) is 11.8 Å². The number of thioether (sulfide) groups is 1. The Kier molecular flexibility index (Phi) is 2.49. The molecule has 0 aliphatic carbocycles. The van der Waals surface area contributed by atoms with Gasteiger partial charge in [-0.25, -0.2) is 4.39 Å². The van der Waals surface area contributed by atoms with E-state index in [1.165, 1.54) is 0 Å². The number of benzene rings is 1. The van der Waals surface area contributed by atoms with Crippen LogP contribution in [0.5, 0.6) is 0 Å². The molecule has 1 heterocycles. The summed E-state index contributed by atoms with van der Waals surface area (Å²) in [5.74, 6) is 1.23. The Hall–Kier alpha value is -0.250. The van der Waals surface area contributed by atoms with Crippen LogP contribution >= 0.6 is 23.4 Å². The molecule has 1 aromatic rings. The van der Waals surface area contributed by atoms with Crippen molar-refractivity contribution in [1.29, 1.82) is 0 Å². The van der Waals surface area contributed by atoms with E-state index in [0.29, 0.717) is 11.3 Å². The number of hydrogen-bond acceptors (Lipinski definition) is 2. The predicted octanol–water partition coefficient (Wildman–Crippen LogP) is 2.73. The summed E-state index contributed by atoms with van der Waals surface area (Å²) in [6.07, 6.45) is 0. The maximum absolute atomic E-state index is 13.5. The van der Waals surface area contributed by atoms with Gasteiger partial charge in [-0.3, -0.25) is 0 Å². The smallest absolute Gasteiger partial charge is 0.146 e. The summed E-state index contributed by atoms with van der Waals surface area (Å²) in [7, 11) is 0. The van der Waals surface area contributed by atoms with E-state index in [1.54, 1.807) is 17.8 Å². The Balaban J connectivity index is 2.56. The minimum Gasteiger partial charge on any atom is -0.323 e. The first-order valence-corrected chi connectivity index (χ1v) is 5.53. The first-order chi connectivity index (χ1) is 6.20. The van der Waals surface area contributed by atoms with Gasteiger partial charge in [-0.1, -0.05) is 17.7 Å². The van der Waals surface area contributed by atoms with E-state index in [0.717, 1.165) is 11.3 Å². The molecule has 0 bridgehead atoms. The zero-order chi connectivity index (χ0) is 9.42. The molecule has 0 aromatic heterocycles. The van der Waals surface area contributed by atoms with Crippen molar-refractivity contribution in [1.82, 2.24) is 0 Å². The van der Waals surface area contributed by atoms with Crippen molar-refractivity contribution in [3.05, 3.63) is 34.1 Å². The first-order valence-electron chi connectivity index (χ1n) is 4.00. The van der Waals surface area contributed by atoms with E-state index in [9.17, 15) is 4.39 Å². The lowest BCUT2D eigenvalue weighted by atomic mass is 10.0. The minimum atomic E-state index is -0.304. The fraction of sp³-hybridized carbons (Fsp3) is 0.333. The van der Waals surface area contributed by atoms with Crippen molar-refractivity contribution in [3.63, 3.8) is 0 Å². The van der Waals surface area contributed by atoms with Gasteiger partial charge in [0.15, 0.2) is 0 Å². The molecule has 0 radical (unpaired) electrons. The number of rotatable bonds is 0. The fourth-order valence-electron chi connectivity index (χ4n) is 1.48. The van der Waals surface area contributed by atoms with Crippen LogP contribution in [0.25, 0.3) is 0 Å². The fourth-order valence-corrected chi connectivity index (χ4v) is 2.71. The molecule has 2 N–H and O–H groups in total. The molecule has 1 aliphatic heterocycles. The molecule has 0 amide bonds. The van der Waals surface area contributed by atoms with Crippen LogP contribution in [-0.4, -0.2) is 5.75 Å². The highest BCUT2D eigenvalue weighted by Gasteiger charge is 2.21. The summed E-state index contributed by atoms with van der Waals surface area (Å²) in [4.78, 5) is 0. The van der Waals surface area contributed by atoms with Crippen LogP contribution in [0, 0.1) is 5.82 Å². The molecular formula is C9H9ClFNS. The van der Waals surface area contributed by atoms with Crippen LogP contribution in [0.4, 0.5) is 4.39 Å². The normalized spacial score (nSPS) is 21.3. The van der Waals surface area contributed by atoms with Crippen LogP contribution in [0.2, 0.25) is 5.02 Å². The molecule has 0 unspecified atom stereocenters. The molecule has 1 nitrogen and oxygen atoms in total. The molecule has 0 fully saturated rings. The lowest BCUT2D eigenvalue weighted by molar-refractivity contribution is 0.609. The van der Waals surface area contributed by atoms with E-state index in [4.69, 9.17) is 17.3 Å². The third-order valence-electron chi connectivity index (χ3n) is 2.18. The molecule has 1 aliphatic rings. The van der Waals surface area contributed by atoms with Crippen molar-refractivity contribution >= 4 is 23.4 Å². The van der Waals surface area contributed by atoms with Gasteiger partial charge in [0, 0.05) is 23.1 Å². The second-order valence-corrected chi connectivity index (χ2v) is 4.49. The Morgan fingerprint density at radius 3 is 3.08 bits per heavy atom. The van der Waals surface area contributed by atoms with Gasteiger partial charge in [-0.15, -0.1) is 0 Å². The summed E-state index contributed by atoms with van der Waals surface area (Å²) in [6, 6.07) is 3.34. The molecule has 0 saturated carbocycles. The van der Waals surface area contributed by atoms with Gasteiger partial charge in [0.25, 0.3) is 0 Å². The summed E-state index contributed by atoms with van der Waals surface area (Å²) < 4.78 is 13.5. The highest BCUT2D eigenvalue weighted by Crippen LogP contribution is 2.34. The highest BCUT2D eigenvalue weighted by atomic mass is 35.5. The summed E-state index contributed by atoms with van der Waals surface area (Å²) in [5.41, 5.74) is 7.42. The molecule has 1 aromatic carbocycles. The Labute approximate surface area is 85.5 Å². The van der Waals surface area contributed by atoms with Gasteiger partial charge in [-0.05, 0) is 11.6 Å². The van der Waals surface area contributed by atoms with Crippen LogP contribution in [-0.2, 0) is 5.75 Å². The van der Waals surface area contributed by atoms with Crippen LogP contribution in [0.15, 0.2) is 12.1 Å². The minimum absolute atomic E-state index is 0.0551. The van der Waals surface area contributed by atoms with Gasteiger partial charge >= 0.3 is 0 Å². The summed E-state index contributed by atoms with van der Waals surface area (Å²) >= 11 is 7.31. The number of fused-ring (bicyclic) bond motifs is 1. The maximum Gasteiger partial charge on any atom is 0.146 e. The van der Waals surface area contributed by atoms with Crippen molar-refractivity contribution in [2.24, 2.45) is 5.73 Å². The van der Waals surface area contributed by atoms with Gasteiger partial charge < -0.3 is 5.73 Å². The van der Waals surface area contributed by atoms with E-state index >= 15 is 0 Å². The molecule has 70 valence electrons. The second-order valence-electron chi connectivity index (χ2n) is 3.05. The van der Waals surface area contributed by atoms with Gasteiger partial charge in [0.05, 0.1) is 5.02 Å². The van der Waals surface area contributed by atoms with Crippen molar-refractivity contribution in [2.75, 3.05) is 5.75 Å². The average Bonchev–Trinajstić information content (AvgIpc) is 2.12. The number of hydrogen-bond donors (Lipinski definition) is 1. The summed E-state index contributed by atoms with van der Waals surface area (Å²) in [5, 5.41) is 0.188. The van der Waals surface area contributed by atoms with Crippen LogP contribution < -0.4 is 5.73 Å². The van der Waals surface area contributed by atoms with Gasteiger partial charge in [0.1, 0.15) is 5.82 Å². The highest BCUT2D eigenvalue weighted by molar-refractivity contribution is 7.98. The molecule has 0 saturated heterocycles. The molecule has 2 rings (SSSR count). The van der Waals surface area contributed by atoms with Crippen LogP contribution in [0.3, 0.4) is 0 Å². The van der Waals surface area contributed by atoms with Crippen LogP contribution in [0.1, 0.15) is 17.2 Å². The Morgan fingerprint density at radius 2 is 2.31 bits per heavy atom. The molecule has 4 heteroatoms. The third kappa shape index (κ3) is 1.56. The van der Waals surface area contributed by atoms with Crippen molar-refractivity contribution in [2.45, 2.75) is 11.8 Å². The average molecular weight is 218 g/mol.